The summed E-state index contributed by atoms with van der Waals surface area (Å²) in [5.74, 6) is 0.547. The van der Waals surface area contributed by atoms with E-state index in [1.54, 1.807) is 31.4 Å². The smallest absolute Gasteiger partial charge is 0.335 e. The lowest BCUT2D eigenvalue weighted by molar-refractivity contribution is 0.0697. The molecule has 1 aromatic heterocycles. The minimum Gasteiger partial charge on any atom is -0.497 e. The fourth-order valence-electron chi connectivity index (χ4n) is 2.37. The van der Waals surface area contributed by atoms with Gasteiger partial charge in [-0.25, -0.2) is 14.8 Å². The molecular formula is C19H17N3O3. The third-order valence-corrected chi connectivity index (χ3v) is 3.70. The fourth-order valence-corrected chi connectivity index (χ4v) is 2.37. The number of hydrogen-bond acceptors (Lipinski definition) is 5. The van der Waals surface area contributed by atoms with Gasteiger partial charge in [-0.1, -0.05) is 24.3 Å². The number of hydrogen-bond donors (Lipinski definition) is 2. The topological polar surface area (TPSA) is 84.3 Å². The van der Waals surface area contributed by atoms with Crippen molar-refractivity contribution in [3.05, 3.63) is 72.1 Å². The van der Waals surface area contributed by atoms with E-state index in [-0.39, 0.29) is 5.56 Å². The molecule has 2 N–H and O–H groups in total. The molecule has 0 fully saturated rings. The van der Waals surface area contributed by atoms with Crippen molar-refractivity contribution in [1.29, 1.82) is 0 Å². The third kappa shape index (κ3) is 4.11. The van der Waals surface area contributed by atoms with Crippen LogP contribution in [-0.2, 0) is 6.54 Å². The van der Waals surface area contributed by atoms with Crippen LogP contribution in [0.2, 0.25) is 0 Å². The predicted molar refractivity (Wildman–Crippen MR) is 94.7 cm³/mol. The molecule has 0 radical (unpaired) electrons. The molecule has 1 heterocycles. The number of aromatic nitrogens is 2. The van der Waals surface area contributed by atoms with Gasteiger partial charge in [0.25, 0.3) is 0 Å². The summed E-state index contributed by atoms with van der Waals surface area (Å²) in [6.45, 7) is 0.603. The van der Waals surface area contributed by atoms with Crippen molar-refractivity contribution in [2.75, 3.05) is 12.4 Å². The molecular weight excluding hydrogens is 318 g/mol. The van der Waals surface area contributed by atoms with Crippen LogP contribution in [0, 0.1) is 0 Å². The molecule has 6 heteroatoms. The van der Waals surface area contributed by atoms with E-state index < -0.39 is 5.97 Å². The van der Waals surface area contributed by atoms with Crippen LogP contribution in [0.4, 0.5) is 5.82 Å². The summed E-state index contributed by atoms with van der Waals surface area (Å²) in [6.07, 6.45) is 1.48. The second-order valence-corrected chi connectivity index (χ2v) is 5.38. The van der Waals surface area contributed by atoms with Crippen LogP contribution in [-0.4, -0.2) is 28.2 Å². The van der Waals surface area contributed by atoms with Crippen LogP contribution < -0.4 is 10.1 Å². The molecule has 126 valence electrons. The van der Waals surface area contributed by atoms with Crippen molar-refractivity contribution in [2.24, 2.45) is 0 Å². The average Bonchev–Trinajstić information content (AvgIpc) is 2.67. The number of benzene rings is 2. The Morgan fingerprint density at radius 3 is 2.64 bits per heavy atom. The lowest BCUT2D eigenvalue weighted by Gasteiger charge is -2.08. The predicted octanol–water partition coefficient (Wildman–Crippen LogP) is 3.46. The van der Waals surface area contributed by atoms with Crippen LogP contribution in [0.5, 0.6) is 5.75 Å². The molecule has 3 aromatic rings. The van der Waals surface area contributed by atoms with E-state index in [0.717, 1.165) is 22.6 Å². The molecule has 6 nitrogen and oxygen atoms in total. The maximum Gasteiger partial charge on any atom is 0.335 e. The minimum atomic E-state index is -0.949. The highest BCUT2D eigenvalue weighted by Gasteiger charge is 2.05. The van der Waals surface area contributed by atoms with Crippen molar-refractivity contribution in [2.45, 2.75) is 6.54 Å². The Hall–Kier alpha value is -3.41. The zero-order valence-electron chi connectivity index (χ0n) is 13.6. The highest BCUT2D eigenvalue weighted by molar-refractivity contribution is 5.88. The SMILES string of the molecule is COc1cccc(CNc2cc(-c3ccc(C(=O)O)cc3)ncn2)c1. The first-order valence-corrected chi connectivity index (χ1v) is 7.68. The van der Waals surface area contributed by atoms with Gasteiger partial charge in [0.1, 0.15) is 17.9 Å². The standard InChI is InChI=1S/C19H17N3O3/c1-25-16-4-2-3-13(9-16)11-20-18-10-17(21-12-22-18)14-5-7-15(8-6-14)19(23)24/h2-10,12H,11H2,1H3,(H,23,24)(H,20,21,22). The summed E-state index contributed by atoms with van der Waals surface area (Å²) in [6, 6.07) is 16.2. The lowest BCUT2D eigenvalue weighted by Crippen LogP contribution is -2.02. The highest BCUT2D eigenvalue weighted by atomic mass is 16.5. The summed E-state index contributed by atoms with van der Waals surface area (Å²) >= 11 is 0. The summed E-state index contributed by atoms with van der Waals surface area (Å²) in [7, 11) is 1.64. The monoisotopic (exact) mass is 335 g/mol. The Kier molecular flexibility index (Phi) is 4.89. The maximum absolute atomic E-state index is 10.9. The van der Waals surface area contributed by atoms with E-state index in [2.05, 4.69) is 15.3 Å². The van der Waals surface area contributed by atoms with Gasteiger partial charge in [0.2, 0.25) is 0 Å². The van der Waals surface area contributed by atoms with Crippen molar-refractivity contribution in [3.8, 4) is 17.0 Å². The van der Waals surface area contributed by atoms with Crippen LogP contribution in [0.3, 0.4) is 0 Å². The zero-order valence-corrected chi connectivity index (χ0v) is 13.6. The molecule has 0 atom stereocenters. The van der Waals surface area contributed by atoms with E-state index in [1.807, 2.05) is 30.3 Å². The molecule has 25 heavy (non-hydrogen) atoms. The molecule has 0 aliphatic heterocycles. The van der Waals surface area contributed by atoms with Gasteiger partial charge in [0, 0.05) is 18.2 Å². The molecule has 0 aliphatic rings. The Morgan fingerprint density at radius 2 is 1.92 bits per heavy atom. The first-order valence-electron chi connectivity index (χ1n) is 7.68. The fraction of sp³-hybridized carbons (Fsp3) is 0.105. The normalized spacial score (nSPS) is 10.3. The third-order valence-electron chi connectivity index (χ3n) is 3.70. The van der Waals surface area contributed by atoms with Crippen molar-refractivity contribution < 1.29 is 14.6 Å². The molecule has 0 aliphatic carbocycles. The zero-order chi connectivity index (χ0) is 17.6. The number of ether oxygens (including phenoxy) is 1. The van der Waals surface area contributed by atoms with Crippen LogP contribution in [0.25, 0.3) is 11.3 Å². The molecule has 0 unspecified atom stereocenters. The van der Waals surface area contributed by atoms with Gasteiger partial charge in [-0.3, -0.25) is 0 Å². The quantitative estimate of drug-likeness (QED) is 0.717. The van der Waals surface area contributed by atoms with E-state index in [0.29, 0.717) is 12.4 Å². The Morgan fingerprint density at radius 1 is 1.12 bits per heavy atom. The highest BCUT2D eigenvalue weighted by Crippen LogP contribution is 2.20. The lowest BCUT2D eigenvalue weighted by atomic mass is 10.1. The molecule has 0 bridgehead atoms. The molecule has 2 aromatic carbocycles. The maximum atomic E-state index is 10.9. The number of carboxylic acid groups (broad SMARTS) is 1. The number of methoxy groups -OCH3 is 1. The molecule has 0 amide bonds. The number of rotatable bonds is 6. The van der Waals surface area contributed by atoms with Crippen LogP contribution in [0.15, 0.2) is 60.9 Å². The summed E-state index contributed by atoms with van der Waals surface area (Å²) < 4.78 is 5.22. The summed E-state index contributed by atoms with van der Waals surface area (Å²) in [4.78, 5) is 19.4. The van der Waals surface area contributed by atoms with Gasteiger partial charge in [0.05, 0.1) is 18.4 Å². The van der Waals surface area contributed by atoms with E-state index in [1.165, 1.54) is 6.33 Å². The van der Waals surface area contributed by atoms with Gasteiger partial charge in [-0.05, 0) is 29.8 Å². The van der Waals surface area contributed by atoms with Gasteiger partial charge >= 0.3 is 5.97 Å². The van der Waals surface area contributed by atoms with Gasteiger partial charge in [-0.15, -0.1) is 0 Å². The largest absolute Gasteiger partial charge is 0.497 e. The molecule has 0 saturated carbocycles. The van der Waals surface area contributed by atoms with Gasteiger partial charge in [0.15, 0.2) is 0 Å². The summed E-state index contributed by atoms with van der Waals surface area (Å²) in [5.41, 5.74) is 2.87. The van der Waals surface area contributed by atoms with Crippen molar-refractivity contribution in [1.82, 2.24) is 9.97 Å². The number of anilines is 1. The molecule has 0 spiro atoms. The number of nitrogens with zero attached hydrogens (tertiary/aromatic N) is 2. The first-order chi connectivity index (χ1) is 12.2. The second kappa shape index (κ2) is 7.44. The van der Waals surface area contributed by atoms with Crippen LogP contribution >= 0.6 is 0 Å². The van der Waals surface area contributed by atoms with E-state index in [9.17, 15) is 4.79 Å². The number of carboxylic acids is 1. The van der Waals surface area contributed by atoms with Gasteiger partial charge < -0.3 is 15.2 Å². The second-order valence-electron chi connectivity index (χ2n) is 5.38. The van der Waals surface area contributed by atoms with Crippen molar-refractivity contribution >= 4 is 11.8 Å². The van der Waals surface area contributed by atoms with Gasteiger partial charge in [-0.2, -0.15) is 0 Å². The average molecular weight is 335 g/mol. The van der Waals surface area contributed by atoms with Crippen molar-refractivity contribution in [3.63, 3.8) is 0 Å². The number of aromatic carboxylic acids is 1. The Labute approximate surface area is 145 Å². The van der Waals surface area contributed by atoms with E-state index >= 15 is 0 Å². The molecule has 0 saturated heterocycles. The Bertz CT molecular complexity index is 879. The number of nitrogens with one attached hydrogen (secondary N) is 1. The summed E-state index contributed by atoms with van der Waals surface area (Å²) in [5, 5.41) is 12.2. The van der Waals surface area contributed by atoms with E-state index in [4.69, 9.17) is 9.84 Å². The Balaban J connectivity index is 1.73. The van der Waals surface area contributed by atoms with Crippen LogP contribution in [0.1, 0.15) is 15.9 Å². The number of carbonyl (C=O) groups is 1. The first kappa shape index (κ1) is 16.4. The molecule has 3 rings (SSSR count). The minimum absolute atomic E-state index is 0.245.